The van der Waals surface area contributed by atoms with Crippen molar-refractivity contribution in [3.8, 4) is 0 Å². The molecular formula is C14H12ClF2N3. The number of hydrogen-bond donors (Lipinski definition) is 1. The molecule has 6 heteroatoms. The Morgan fingerprint density at radius 2 is 1.90 bits per heavy atom. The smallest absolute Gasteiger partial charge is 0.228 e. The van der Waals surface area contributed by atoms with Crippen LogP contribution in [0.25, 0.3) is 0 Å². The first-order valence-corrected chi connectivity index (χ1v) is 6.78. The standard InChI is InChI=1S/C14H12ClF2N3/c15-13-9-3-1-2-4-11(9)18-14(20-13)19-12-6-5-8(16)7-10(12)17/h5-7H,1-4H2,(H,18,19,20). The summed E-state index contributed by atoms with van der Waals surface area (Å²) in [7, 11) is 0. The fourth-order valence-corrected chi connectivity index (χ4v) is 2.60. The van der Waals surface area contributed by atoms with Gasteiger partial charge in [0.2, 0.25) is 5.95 Å². The Morgan fingerprint density at radius 3 is 2.70 bits per heavy atom. The van der Waals surface area contributed by atoms with E-state index in [1.165, 1.54) is 12.1 Å². The Balaban J connectivity index is 1.93. The maximum absolute atomic E-state index is 13.6. The van der Waals surface area contributed by atoms with Crippen molar-refractivity contribution in [2.75, 3.05) is 5.32 Å². The van der Waals surface area contributed by atoms with Gasteiger partial charge in [-0.15, -0.1) is 0 Å². The molecule has 0 fully saturated rings. The van der Waals surface area contributed by atoms with Crippen molar-refractivity contribution in [1.82, 2.24) is 9.97 Å². The van der Waals surface area contributed by atoms with Crippen LogP contribution in [-0.2, 0) is 12.8 Å². The van der Waals surface area contributed by atoms with Crippen LogP contribution in [0.3, 0.4) is 0 Å². The molecule has 1 aliphatic rings. The lowest BCUT2D eigenvalue weighted by Gasteiger charge is -2.17. The van der Waals surface area contributed by atoms with E-state index < -0.39 is 11.6 Å². The van der Waals surface area contributed by atoms with Gasteiger partial charge in [0.1, 0.15) is 16.8 Å². The van der Waals surface area contributed by atoms with Gasteiger partial charge in [-0.25, -0.2) is 18.7 Å². The molecule has 1 aromatic heterocycles. The summed E-state index contributed by atoms with van der Waals surface area (Å²) < 4.78 is 26.4. The van der Waals surface area contributed by atoms with Gasteiger partial charge in [0.05, 0.1) is 11.4 Å². The number of aryl methyl sites for hydroxylation is 1. The van der Waals surface area contributed by atoms with Crippen LogP contribution in [0, 0.1) is 11.6 Å². The molecule has 0 saturated carbocycles. The topological polar surface area (TPSA) is 37.8 Å². The first-order valence-electron chi connectivity index (χ1n) is 6.41. The Bertz CT molecular complexity index is 661. The minimum Gasteiger partial charge on any atom is -0.322 e. The maximum Gasteiger partial charge on any atom is 0.228 e. The van der Waals surface area contributed by atoms with E-state index in [-0.39, 0.29) is 11.6 Å². The van der Waals surface area contributed by atoms with Gasteiger partial charge in [0.25, 0.3) is 0 Å². The van der Waals surface area contributed by atoms with Crippen LogP contribution in [0.4, 0.5) is 20.4 Å². The zero-order valence-corrected chi connectivity index (χ0v) is 11.3. The summed E-state index contributed by atoms with van der Waals surface area (Å²) in [6, 6.07) is 3.29. The van der Waals surface area contributed by atoms with Crippen molar-refractivity contribution in [2.45, 2.75) is 25.7 Å². The van der Waals surface area contributed by atoms with Crippen LogP contribution < -0.4 is 5.32 Å². The minimum absolute atomic E-state index is 0.123. The molecule has 0 unspecified atom stereocenters. The van der Waals surface area contributed by atoms with E-state index in [4.69, 9.17) is 11.6 Å². The SMILES string of the molecule is Fc1ccc(Nc2nc(Cl)c3c(n2)CCCC3)c(F)c1. The summed E-state index contributed by atoms with van der Waals surface area (Å²) in [5.74, 6) is -1.08. The summed E-state index contributed by atoms with van der Waals surface area (Å²) >= 11 is 6.13. The quantitative estimate of drug-likeness (QED) is 0.850. The van der Waals surface area contributed by atoms with Gasteiger partial charge < -0.3 is 5.32 Å². The molecule has 104 valence electrons. The van der Waals surface area contributed by atoms with Gasteiger partial charge in [0.15, 0.2) is 0 Å². The lowest BCUT2D eigenvalue weighted by Crippen LogP contribution is -2.10. The molecule has 0 spiro atoms. The van der Waals surface area contributed by atoms with Gasteiger partial charge in [-0.2, -0.15) is 0 Å². The molecule has 1 N–H and O–H groups in total. The number of aromatic nitrogens is 2. The molecule has 2 aromatic rings. The highest BCUT2D eigenvalue weighted by molar-refractivity contribution is 6.30. The summed E-state index contributed by atoms with van der Waals surface area (Å²) in [4.78, 5) is 8.49. The number of fused-ring (bicyclic) bond motifs is 1. The predicted octanol–water partition coefficient (Wildman–Crippen LogP) is 4.03. The van der Waals surface area contributed by atoms with Crippen molar-refractivity contribution < 1.29 is 8.78 Å². The second-order valence-corrected chi connectivity index (χ2v) is 5.08. The van der Waals surface area contributed by atoms with E-state index in [0.717, 1.165) is 43.0 Å². The van der Waals surface area contributed by atoms with E-state index in [2.05, 4.69) is 15.3 Å². The number of nitrogens with zero attached hydrogens (tertiary/aromatic N) is 2. The lowest BCUT2D eigenvalue weighted by atomic mass is 9.97. The largest absolute Gasteiger partial charge is 0.322 e. The van der Waals surface area contributed by atoms with Crippen LogP contribution in [-0.4, -0.2) is 9.97 Å². The summed E-state index contributed by atoms with van der Waals surface area (Å²) in [5, 5.41) is 3.14. The molecule has 3 nitrogen and oxygen atoms in total. The van der Waals surface area contributed by atoms with E-state index >= 15 is 0 Å². The van der Waals surface area contributed by atoms with Crippen LogP contribution in [0.1, 0.15) is 24.1 Å². The normalized spacial score (nSPS) is 13.9. The van der Waals surface area contributed by atoms with E-state index in [0.29, 0.717) is 5.15 Å². The molecule has 0 aliphatic heterocycles. The number of hydrogen-bond acceptors (Lipinski definition) is 3. The van der Waals surface area contributed by atoms with Crippen molar-refractivity contribution in [1.29, 1.82) is 0 Å². The zero-order chi connectivity index (χ0) is 14.1. The monoisotopic (exact) mass is 295 g/mol. The Labute approximate surface area is 120 Å². The number of benzene rings is 1. The van der Waals surface area contributed by atoms with Crippen molar-refractivity contribution in [3.05, 3.63) is 46.2 Å². The summed E-state index contributed by atoms with van der Waals surface area (Å²) in [6.07, 6.45) is 3.86. The third-order valence-electron chi connectivity index (χ3n) is 3.31. The fourth-order valence-electron chi connectivity index (χ4n) is 2.32. The third-order valence-corrected chi connectivity index (χ3v) is 3.62. The average molecular weight is 296 g/mol. The summed E-state index contributed by atoms with van der Waals surface area (Å²) in [5.41, 5.74) is 2.00. The number of anilines is 2. The molecule has 1 heterocycles. The van der Waals surface area contributed by atoms with Gasteiger partial charge in [0, 0.05) is 11.6 Å². The second-order valence-electron chi connectivity index (χ2n) is 4.72. The second kappa shape index (κ2) is 5.32. The molecule has 1 aromatic carbocycles. The lowest BCUT2D eigenvalue weighted by molar-refractivity contribution is 0.586. The number of rotatable bonds is 2. The van der Waals surface area contributed by atoms with Crippen LogP contribution in [0.15, 0.2) is 18.2 Å². The van der Waals surface area contributed by atoms with Crippen LogP contribution in [0.2, 0.25) is 5.15 Å². The van der Waals surface area contributed by atoms with Crippen LogP contribution in [0.5, 0.6) is 0 Å². The minimum atomic E-state index is -0.692. The summed E-state index contributed by atoms with van der Waals surface area (Å²) in [6.45, 7) is 0. The number of halogens is 3. The molecule has 0 radical (unpaired) electrons. The third kappa shape index (κ3) is 2.58. The first-order chi connectivity index (χ1) is 9.63. The molecular weight excluding hydrogens is 284 g/mol. The van der Waals surface area contributed by atoms with E-state index in [1.54, 1.807) is 0 Å². The fraction of sp³-hybridized carbons (Fsp3) is 0.286. The average Bonchev–Trinajstić information content (AvgIpc) is 2.42. The highest BCUT2D eigenvalue weighted by Crippen LogP contribution is 2.27. The van der Waals surface area contributed by atoms with E-state index in [9.17, 15) is 8.78 Å². The Morgan fingerprint density at radius 1 is 1.10 bits per heavy atom. The first kappa shape index (κ1) is 13.2. The maximum atomic E-state index is 13.6. The van der Waals surface area contributed by atoms with Crippen molar-refractivity contribution >= 4 is 23.2 Å². The van der Waals surface area contributed by atoms with Crippen LogP contribution >= 0.6 is 11.6 Å². The highest BCUT2D eigenvalue weighted by atomic mass is 35.5. The van der Waals surface area contributed by atoms with Gasteiger partial charge >= 0.3 is 0 Å². The molecule has 20 heavy (non-hydrogen) atoms. The van der Waals surface area contributed by atoms with Gasteiger partial charge in [-0.1, -0.05) is 11.6 Å². The van der Waals surface area contributed by atoms with Crippen molar-refractivity contribution in [3.63, 3.8) is 0 Å². The molecule has 3 rings (SSSR count). The molecule has 0 atom stereocenters. The molecule has 0 saturated heterocycles. The highest BCUT2D eigenvalue weighted by Gasteiger charge is 2.17. The molecule has 1 aliphatic carbocycles. The molecule has 0 amide bonds. The Hall–Kier alpha value is -1.75. The van der Waals surface area contributed by atoms with Gasteiger partial charge in [-0.3, -0.25) is 0 Å². The van der Waals surface area contributed by atoms with Gasteiger partial charge in [-0.05, 0) is 37.8 Å². The predicted molar refractivity (Wildman–Crippen MR) is 73.3 cm³/mol. The van der Waals surface area contributed by atoms with Crippen molar-refractivity contribution in [2.24, 2.45) is 0 Å². The van der Waals surface area contributed by atoms with E-state index in [1.807, 2.05) is 0 Å². The zero-order valence-electron chi connectivity index (χ0n) is 10.6. The number of nitrogens with one attached hydrogen (secondary N) is 1. The molecule has 0 bridgehead atoms. The Kier molecular flexibility index (Phi) is 3.53.